The number of aromatic nitrogens is 2. The third-order valence-corrected chi connectivity index (χ3v) is 7.10. The number of primary amides is 1. The van der Waals surface area contributed by atoms with Gasteiger partial charge in [-0.25, -0.2) is 14.4 Å². The predicted octanol–water partition coefficient (Wildman–Crippen LogP) is 4.34. The summed E-state index contributed by atoms with van der Waals surface area (Å²) in [6.45, 7) is 0.256. The number of hydrogen-bond acceptors (Lipinski definition) is 8. The Morgan fingerprint density at radius 2 is 1.88 bits per heavy atom. The monoisotopic (exact) mass is 611 g/mol. The number of thiazole rings is 1. The van der Waals surface area contributed by atoms with Crippen LogP contribution in [0, 0.1) is 5.82 Å². The van der Waals surface area contributed by atoms with Crippen LogP contribution < -0.4 is 21.5 Å². The number of carbonyl (C=O) groups is 2. The number of nitrogen functional groups attached to an aromatic ring is 1. The summed E-state index contributed by atoms with van der Waals surface area (Å²) < 4.78 is 63.5. The number of benzene rings is 2. The molecular weight excluding hydrogens is 590 g/mol. The van der Waals surface area contributed by atoms with Gasteiger partial charge in [-0.1, -0.05) is 22.9 Å². The number of rotatable bonds is 9. The van der Waals surface area contributed by atoms with Gasteiger partial charge in [-0.3, -0.25) is 9.59 Å². The number of ether oxygens (including phenoxy) is 1. The van der Waals surface area contributed by atoms with Crippen molar-refractivity contribution < 1.29 is 37.0 Å². The van der Waals surface area contributed by atoms with Gasteiger partial charge in [-0.15, -0.1) is 0 Å². The molecule has 0 spiro atoms. The molecule has 0 aliphatic carbocycles. The van der Waals surface area contributed by atoms with Gasteiger partial charge in [0, 0.05) is 16.7 Å². The van der Waals surface area contributed by atoms with Crippen molar-refractivity contribution in [2.24, 2.45) is 5.73 Å². The van der Waals surface area contributed by atoms with Crippen LogP contribution in [-0.4, -0.2) is 46.2 Å². The van der Waals surface area contributed by atoms with Gasteiger partial charge < -0.3 is 26.6 Å². The van der Waals surface area contributed by atoms with E-state index in [1.807, 2.05) is 0 Å². The number of nitrogens with one attached hydrogen (secondary N) is 1. The molecule has 0 bridgehead atoms. The number of hydrogen-bond donors (Lipinski definition) is 4. The molecule has 0 saturated heterocycles. The van der Waals surface area contributed by atoms with Crippen LogP contribution in [0.5, 0.6) is 5.75 Å². The van der Waals surface area contributed by atoms with Crippen LogP contribution in [0.1, 0.15) is 28.5 Å². The van der Waals surface area contributed by atoms with Crippen LogP contribution in [0.4, 0.5) is 22.7 Å². The number of anilines is 1. The van der Waals surface area contributed by atoms with Gasteiger partial charge >= 0.3 is 6.18 Å². The molecule has 216 valence electrons. The Morgan fingerprint density at radius 3 is 2.51 bits per heavy atom. The topological polar surface area (TPSA) is 153 Å². The van der Waals surface area contributed by atoms with Crippen LogP contribution in [0.25, 0.3) is 21.5 Å². The van der Waals surface area contributed by atoms with Gasteiger partial charge in [0.15, 0.2) is 5.13 Å². The quantitative estimate of drug-likeness (QED) is 0.205. The summed E-state index contributed by atoms with van der Waals surface area (Å²) in [5, 5.41) is 13.1. The highest BCUT2D eigenvalue weighted by Gasteiger charge is 2.56. The number of fused-ring (bicyclic) bond motifs is 1. The van der Waals surface area contributed by atoms with E-state index >= 15 is 0 Å². The average Bonchev–Trinajstić information content (AvgIpc) is 3.27. The van der Waals surface area contributed by atoms with Gasteiger partial charge in [0.2, 0.25) is 11.5 Å². The molecule has 6 N–H and O–H groups in total. The molecule has 2 heterocycles. The fourth-order valence-electron chi connectivity index (χ4n) is 3.99. The molecule has 9 nitrogen and oxygen atoms in total. The first kappa shape index (κ1) is 30.0. The molecule has 0 aliphatic rings. The standard InChI is InChI=1S/C26H22ClF4N5O4S/c1-2-40-22-14(10-20(32)37)9-19(36-21(22)12-3-5-16(28)15(27)7-12)25(39,26(29,30)31)11-34-23(38)13-4-6-17-18(8-13)41-24(33)35-17/h3-9,39H,2,10-11H2,1H3,(H2,32,37)(H2,33,35)(H,34,38)/t25-/m0/s1. The molecule has 1 atom stereocenters. The van der Waals surface area contributed by atoms with Crippen molar-refractivity contribution in [3.63, 3.8) is 0 Å². The molecule has 4 aromatic rings. The lowest BCUT2D eigenvalue weighted by atomic mass is 9.93. The lowest BCUT2D eigenvalue weighted by Crippen LogP contribution is -2.51. The van der Waals surface area contributed by atoms with Gasteiger partial charge in [-0.2, -0.15) is 13.2 Å². The molecule has 2 aromatic carbocycles. The highest BCUT2D eigenvalue weighted by atomic mass is 35.5. The van der Waals surface area contributed by atoms with E-state index in [1.54, 1.807) is 6.92 Å². The minimum absolute atomic E-state index is 0.00129. The van der Waals surface area contributed by atoms with Crippen LogP contribution in [0.15, 0.2) is 42.5 Å². The molecule has 0 unspecified atom stereocenters. The smallest absolute Gasteiger partial charge is 0.424 e. The molecule has 0 radical (unpaired) electrons. The fourth-order valence-corrected chi connectivity index (χ4v) is 4.95. The SMILES string of the molecule is CCOc1c(CC(N)=O)cc([C@@](O)(CNC(=O)c2ccc3nc(N)sc3c2)C(F)(F)F)nc1-c1ccc(F)c(Cl)c1. The maximum absolute atomic E-state index is 14.5. The van der Waals surface area contributed by atoms with E-state index in [2.05, 4.69) is 15.3 Å². The van der Waals surface area contributed by atoms with E-state index in [1.165, 1.54) is 24.3 Å². The summed E-state index contributed by atoms with van der Waals surface area (Å²) in [7, 11) is 0. The minimum Gasteiger partial charge on any atom is -0.491 e. The summed E-state index contributed by atoms with van der Waals surface area (Å²) in [4.78, 5) is 32.7. The van der Waals surface area contributed by atoms with Gasteiger partial charge in [-0.05, 0) is 49.4 Å². The number of alkyl halides is 3. The molecule has 2 aromatic heterocycles. The van der Waals surface area contributed by atoms with Gasteiger partial charge in [0.1, 0.15) is 17.3 Å². The molecular formula is C26H22ClF4N5O4S. The molecule has 15 heteroatoms. The third-order valence-electron chi connectivity index (χ3n) is 5.96. The van der Waals surface area contributed by atoms with Gasteiger partial charge in [0.25, 0.3) is 5.91 Å². The maximum Gasteiger partial charge on any atom is 0.424 e. The van der Waals surface area contributed by atoms with Crippen molar-refractivity contribution in [2.75, 3.05) is 18.9 Å². The molecule has 2 amide bonds. The zero-order chi connectivity index (χ0) is 30.1. The predicted molar refractivity (Wildman–Crippen MR) is 145 cm³/mol. The van der Waals surface area contributed by atoms with Crippen LogP contribution in [0.2, 0.25) is 5.02 Å². The second-order valence-corrected chi connectivity index (χ2v) is 10.3. The summed E-state index contributed by atoms with van der Waals surface area (Å²) >= 11 is 6.98. The zero-order valence-electron chi connectivity index (χ0n) is 21.2. The van der Waals surface area contributed by atoms with Crippen molar-refractivity contribution in [3.05, 3.63) is 70.1 Å². The van der Waals surface area contributed by atoms with E-state index in [9.17, 15) is 32.3 Å². The molecule has 0 aliphatic heterocycles. The van der Waals surface area contributed by atoms with Crippen molar-refractivity contribution >= 4 is 50.1 Å². The lowest BCUT2D eigenvalue weighted by Gasteiger charge is -2.31. The minimum atomic E-state index is -5.36. The molecule has 0 fully saturated rings. The Labute approximate surface area is 239 Å². The second-order valence-electron chi connectivity index (χ2n) is 8.82. The highest BCUT2D eigenvalue weighted by Crippen LogP contribution is 2.42. The normalized spacial score (nSPS) is 13.1. The van der Waals surface area contributed by atoms with E-state index in [0.29, 0.717) is 10.2 Å². The summed E-state index contributed by atoms with van der Waals surface area (Å²) in [6.07, 6.45) is -5.94. The Morgan fingerprint density at radius 1 is 1.15 bits per heavy atom. The highest BCUT2D eigenvalue weighted by molar-refractivity contribution is 7.22. The lowest BCUT2D eigenvalue weighted by molar-refractivity contribution is -0.265. The summed E-state index contributed by atoms with van der Waals surface area (Å²) in [6, 6.07) is 8.34. The number of nitrogens with zero attached hydrogens (tertiary/aromatic N) is 2. The largest absolute Gasteiger partial charge is 0.491 e. The Hall–Kier alpha value is -4.01. The number of aliphatic hydroxyl groups is 1. The first-order valence-electron chi connectivity index (χ1n) is 11.9. The van der Waals surface area contributed by atoms with Gasteiger partial charge in [0.05, 0.1) is 40.5 Å². The van der Waals surface area contributed by atoms with E-state index in [0.717, 1.165) is 29.5 Å². The van der Waals surface area contributed by atoms with E-state index < -0.39 is 48.1 Å². The second kappa shape index (κ2) is 11.5. The molecule has 0 saturated carbocycles. The number of halogens is 5. The number of pyridine rings is 1. The van der Waals surface area contributed by atoms with Crippen LogP contribution in [-0.2, 0) is 16.8 Å². The Bertz CT molecular complexity index is 1650. The third kappa shape index (κ3) is 6.19. The van der Waals surface area contributed by atoms with Crippen LogP contribution >= 0.6 is 22.9 Å². The van der Waals surface area contributed by atoms with Crippen molar-refractivity contribution in [2.45, 2.75) is 25.1 Å². The molecule has 41 heavy (non-hydrogen) atoms. The van der Waals surface area contributed by atoms with E-state index in [-0.39, 0.29) is 44.9 Å². The maximum atomic E-state index is 14.5. The number of nitrogens with two attached hydrogens (primary N) is 2. The fraction of sp³-hybridized carbons (Fsp3) is 0.231. The Kier molecular flexibility index (Phi) is 8.38. The first-order valence-corrected chi connectivity index (χ1v) is 13.1. The summed E-state index contributed by atoms with van der Waals surface area (Å²) in [5.41, 5.74) is 6.45. The zero-order valence-corrected chi connectivity index (χ0v) is 22.8. The van der Waals surface area contributed by atoms with Crippen LogP contribution in [0.3, 0.4) is 0 Å². The van der Waals surface area contributed by atoms with Crippen molar-refractivity contribution in [1.82, 2.24) is 15.3 Å². The first-order chi connectivity index (χ1) is 19.2. The molecule has 4 rings (SSSR count). The van der Waals surface area contributed by atoms with Crippen molar-refractivity contribution in [1.29, 1.82) is 0 Å². The Balaban J connectivity index is 1.81. The summed E-state index contributed by atoms with van der Waals surface area (Å²) in [5.74, 6) is -2.73. The average molecular weight is 612 g/mol. The number of carbonyl (C=O) groups excluding carboxylic acids is 2. The number of amides is 2. The van der Waals surface area contributed by atoms with Crippen molar-refractivity contribution in [3.8, 4) is 17.0 Å². The van der Waals surface area contributed by atoms with E-state index in [4.69, 9.17) is 27.8 Å².